The van der Waals surface area contributed by atoms with Crippen molar-refractivity contribution in [2.75, 3.05) is 18.4 Å². The van der Waals surface area contributed by atoms with Crippen LogP contribution in [0.4, 0.5) is 5.13 Å². The number of hydrogen-bond acceptors (Lipinski definition) is 6. The van der Waals surface area contributed by atoms with E-state index in [4.69, 9.17) is 4.74 Å². The van der Waals surface area contributed by atoms with Crippen LogP contribution < -0.4 is 14.8 Å². The van der Waals surface area contributed by atoms with Crippen molar-refractivity contribution >= 4 is 32.4 Å². The number of carbonyl (C=O) groups excluding carboxylic acids is 1. The van der Waals surface area contributed by atoms with Gasteiger partial charge in [0.05, 0.1) is 17.7 Å². The minimum Gasteiger partial charge on any atom is -0.497 e. The number of rotatable bonds is 10. The fourth-order valence-electron chi connectivity index (χ4n) is 2.71. The lowest BCUT2D eigenvalue weighted by molar-refractivity contribution is -0.121. The Bertz CT molecular complexity index is 1070. The highest BCUT2D eigenvalue weighted by molar-refractivity contribution is 7.93. The molecule has 2 N–H and O–H groups in total. The summed E-state index contributed by atoms with van der Waals surface area (Å²) >= 11 is 1.20. The lowest BCUT2D eigenvalue weighted by Crippen LogP contribution is -2.25. The second kappa shape index (κ2) is 10.2. The van der Waals surface area contributed by atoms with Crippen LogP contribution in [0.15, 0.2) is 64.9 Å². The van der Waals surface area contributed by atoms with Crippen LogP contribution in [0.3, 0.4) is 0 Å². The molecule has 0 saturated heterocycles. The first-order valence-electron chi connectivity index (χ1n) is 9.38. The van der Waals surface area contributed by atoms with Gasteiger partial charge in [-0.15, -0.1) is 11.3 Å². The fourth-order valence-corrected chi connectivity index (χ4v) is 4.73. The van der Waals surface area contributed by atoms with Crippen LogP contribution in [0.25, 0.3) is 0 Å². The van der Waals surface area contributed by atoms with Gasteiger partial charge < -0.3 is 10.1 Å². The van der Waals surface area contributed by atoms with Gasteiger partial charge in [-0.2, -0.15) is 0 Å². The second-order valence-electron chi connectivity index (χ2n) is 6.51. The molecule has 0 bridgehead atoms. The lowest BCUT2D eigenvalue weighted by Gasteiger charge is -2.06. The molecule has 1 heterocycles. The van der Waals surface area contributed by atoms with Crippen molar-refractivity contribution in [1.82, 2.24) is 10.3 Å². The van der Waals surface area contributed by atoms with Crippen molar-refractivity contribution in [1.29, 1.82) is 0 Å². The molecular formula is C21H23N3O4S2. The van der Waals surface area contributed by atoms with E-state index in [-0.39, 0.29) is 22.4 Å². The maximum atomic E-state index is 12.3. The van der Waals surface area contributed by atoms with Gasteiger partial charge in [0.1, 0.15) is 5.75 Å². The predicted molar refractivity (Wildman–Crippen MR) is 117 cm³/mol. The largest absolute Gasteiger partial charge is 0.497 e. The molecule has 7 nitrogen and oxygen atoms in total. The Kier molecular flexibility index (Phi) is 7.42. The Balaban J connectivity index is 1.42. The number of aryl methyl sites for hydroxylation is 1. The number of anilines is 1. The van der Waals surface area contributed by atoms with E-state index in [1.165, 1.54) is 23.5 Å². The van der Waals surface area contributed by atoms with Crippen molar-refractivity contribution in [3.63, 3.8) is 0 Å². The third-order valence-corrected chi connectivity index (χ3v) is 6.62. The van der Waals surface area contributed by atoms with Crippen molar-refractivity contribution in [2.24, 2.45) is 0 Å². The second-order valence-corrected chi connectivity index (χ2v) is 9.05. The average Bonchev–Trinajstić information content (AvgIpc) is 3.20. The number of nitrogens with one attached hydrogen (secondary N) is 2. The molecule has 0 unspecified atom stereocenters. The Hall–Kier alpha value is -2.91. The standard InChI is InChI=1S/C21H23N3O4S2/c1-28-18-10-7-16(8-11-18)13-14-22-20(25)12-9-17-15-29-21(23-17)24-30(26,27)19-5-3-2-4-6-19/h2-8,10-11,15H,9,12-14H2,1H3,(H,22,25)(H,23,24). The summed E-state index contributed by atoms with van der Waals surface area (Å²) in [4.78, 5) is 16.5. The summed E-state index contributed by atoms with van der Waals surface area (Å²) in [6, 6.07) is 15.8. The molecule has 0 spiro atoms. The molecular weight excluding hydrogens is 422 g/mol. The molecule has 1 amide bonds. The molecule has 1 aromatic heterocycles. The zero-order chi connectivity index (χ0) is 21.4. The minimum absolute atomic E-state index is 0.0667. The van der Waals surface area contributed by atoms with Gasteiger partial charge in [0, 0.05) is 18.3 Å². The van der Waals surface area contributed by atoms with E-state index >= 15 is 0 Å². The average molecular weight is 446 g/mol. The molecule has 0 radical (unpaired) electrons. The van der Waals surface area contributed by atoms with Crippen LogP contribution in [0.1, 0.15) is 17.7 Å². The maximum absolute atomic E-state index is 12.3. The summed E-state index contributed by atoms with van der Waals surface area (Å²) in [6.07, 6.45) is 1.47. The highest BCUT2D eigenvalue weighted by atomic mass is 32.2. The number of carbonyl (C=O) groups is 1. The molecule has 0 aliphatic carbocycles. The molecule has 0 aliphatic rings. The number of hydrogen-bond donors (Lipinski definition) is 2. The smallest absolute Gasteiger partial charge is 0.263 e. The third kappa shape index (κ3) is 6.30. The van der Waals surface area contributed by atoms with E-state index < -0.39 is 10.0 Å². The van der Waals surface area contributed by atoms with Crippen LogP contribution in [0.2, 0.25) is 0 Å². The van der Waals surface area contributed by atoms with Gasteiger partial charge in [0.2, 0.25) is 5.91 Å². The summed E-state index contributed by atoms with van der Waals surface area (Å²) in [6.45, 7) is 0.546. The summed E-state index contributed by atoms with van der Waals surface area (Å²) < 4.78 is 32.3. The van der Waals surface area contributed by atoms with Crippen molar-refractivity contribution < 1.29 is 17.9 Å². The normalized spacial score (nSPS) is 11.1. The van der Waals surface area contributed by atoms with Gasteiger partial charge in [-0.25, -0.2) is 13.4 Å². The lowest BCUT2D eigenvalue weighted by atomic mass is 10.1. The number of amides is 1. The SMILES string of the molecule is COc1ccc(CCNC(=O)CCc2csc(NS(=O)(=O)c3ccccc3)n2)cc1. The first-order valence-corrected chi connectivity index (χ1v) is 11.7. The molecule has 3 aromatic rings. The molecule has 0 saturated carbocycles. The van der Waals surface area contributed by atoms with Gasteiger partial charge in [0.25, 0.3) is 10.0 Å². The fraction of sp³-hybridized carbons (Fsp3) is 0.238. The Morgan fingerprint density at radius 1 is 1.07 bits per heavy atom. The van der Waals surface area contributed by atoms with Crippen LogP contribution in [0, 0.1) is 0 Å². The molecule has 30 heavy (non-hydrogen) atoms. The molecule has 0 atom stereocenters. The number of nitrogens with zero attached hydrogens (tertiary/aromatic N) is 1. The van der Waals surface area contributed by atoms with Gasteiger partial charge in [0.15, 0.2) is 5.13 Å². The molecule has 9 heteroatoms. The Morgan fingerprint density at radius 3 is 2.50 bits per heavy atom. The molecule has 0 fully saturated rings. The maximum Gasteiger partial charge on any atom is 0.263 e. The number of methoxy groups -OCH3 is 1. The summed E-state index contributed by atoms with van der Waals surface area (Å²) in [5.41, 5.74) is 1.79. The molecule has 0 aliphatic heterocycles. The van der Waals surface area contributed by atoms with Crippen molar-refractivity contribution in [2.45, 2.75) is 24.2 Å². The van der Waals surface area contributed by atoms with Gasteiger partial charge in [-0.1, -0.05) is 30.3 Å². The van der Waals surface area contributed by atoms with Crippen LogP contribution in [-0.4, -0.2) is 33.0 Å². The number of ether oxygens (including phenoxy) is 1. The first kappa shape index (κ1) is 21.8. The van der Waals surface area contributed by atoms with Crippen LogP contribution in [0.5, 0.6) is 5.75 Å². The van der Waals surface area contributed by atoms with E-state index in [1.807, 2.05) is 24.3 Å². The van der Waals surface area contributed by atoms with Crippen LogP contribution in [-0.2, 0) is 27.7 Å². The van der Waals surface area contributed by atoms with Gasteiger partial charge >= 0.3 is 0 Å². The summed E-state index contributed by atoms with van der Waals surface area (Å²) in [5.74, 6) is 0.736. The predicted octanol–water partition coefficient (Wildman–Crippen LogP) is 3.24. The van der Waals surface area contributed by atoms with E-state index in [1.54, 1.807) is 30.7 Å². The highest BCUT2D eigenvalue weighted by Gasteiger charge is 2.15. The van der Waals surface area contributed by atoms with Crippen LogP contribution >= 0.6 is 11.3 Å². The van der Waals surface area contributed by atoms with Gasteiger partial charge in [-0.3, -0.25) is 9.52 Å². The Morgan fingerprint density at radius 2 is 1.80 bits per heavy atom. The Labute approximate surface area is 180 Å². The third-order valence-electron chi connectivity index (χ3n) is 4.33. The summed E-state index contributed by atoms with van der Waals surface area (Å²) in [5, 5.41) is 4.93. The van der Waals surface area contributed by atoms with Crippen molar-refractivity contribution in [3.8, 4) is 5.75 Å². The van der Waals surface area contributed by atoms with Crippen molar-refractivity contribution in [3.05, 3.63) is 71.2 Å². The highest BCUT2D eigenvalue weighted by Crippen LogP contribution is 2.20. The quantitative estimate of drug-likeness (QED) is 0.499. The topological polar surface area (TPSA) is 97.4 Å². The van der Waals surface area contributed by atoms with E-state index in [9.17, 15) is 13.2 Å². The molecule has 158 valence electrons. The number of sulfonamides is 1. The van der Waals surface area contributed by atoms with E-state index in [2.05, 4.69) is 15.0 Å². The zero-order valence-corrected chi connectivity index (χ0v) is 18.1. The molecule has 3 rings (SSSR count). The first-order chi connectivity index (χ1) is 14.5. The number of aromatic nitrogens is 1. The summed E-state index contributed by atoms with van der Waals surface area (Å²) in [7, 11) is -2.04. The van der Waals surface area contributed by atoms with E-state index in [0.29, 0.717) is 18.7 Å². The van der Waals surface area contributed by atoms with E-state index in [0.717, 1.165) is 17.7 Å². The van der Waals surface area contributed by atoms with Gasteiger partial charge in [-0.05, 0) is 42.7 Å². The number of thiazole rings is 1. The monoisotopic (exact) mass is 445 g/mol. The zero-order valence-electron chi connectivity index (χ0n) is 16.5. The number of benzene rings is 2. The molecule has 2 aromatic carbocycles. The minimum atomic E-state index is -3.66.